The standard InChI is InChI=1S/C60H52N2O4.2BrH/c63-57(49-13-5-1-6-14-49)53-29-21-45(22-30-53)41-61(42-46-23-31-54(32-24-46)58(64)50-15-7-2-8-16-50)37-39-62(40-38-61,43-47-25-33-55(34-26-47)59(65)51-17-9-3-10-18-51)44-48-27-35-56(36-28-48)60(66)52-19-11-4-12-20-52;;/h1-36H,37-44H2;2*1H/q+2;;/p-2. The number of rotatable bonds is 16. The summed E-state index contributed by atoms with van der Waals surface area (Å²) in [5.74, 6) is 0.0229. The van der Waals surface area contributed by atoms with Crippen molar-refractivity contribution in [3.05, 3.63) is 285 Å². The van der Waals surface area contributed by atoms with E-state index < -0.39 is 0 Å². The molecule has 0 saturated carbocycles. The summed E-state index contributed by atoms with van der Waals surface area (Å²) in [5, 5.41) is 0. The Labute approximate surface area is 420 Å². The highest BCUT2D eigenvalue weighted by Crippen LogP contribution is 2.31. The van der Waals surface area contributed by atoms with Gasteiger partial charge >= 0.3 is 0 Å². The van der Waals surface area contributed by atoms with E-state index in [4.69, 9.17) is 0 Å². The van der Waals surface area contributed by atoms with Gasteiger partial charge in [0, 0.05) is 66.8 Å². The van der Waals surface area contributed by atoms with Crippen molar-refractivity contribution in [3.63, 3.8) is 0 Å². The van der Waals surface area contributed by atoms with Crippen molar-refractivity contribution >= 4 is 23.1 Å². The van der Waals surface area contributed by atoms with Crippen LogP contribution in [-0.4, -0.2) is 58.3 Å². The molecule has 1 saturated heterocycles. The zero-order chi connectivity index (χ0) is 45.4. The second-order valence-corrected chi connectivity index (χ2v) is 17.8. The highest BCUT2D eigenvalue weighted by molar-refractivity contribution is 6.10. The maximum atomic E-state index is 13.4. The van der Waals surface area contributed by atoms with Gasteiger partial charge in [0.1, 0.15) is 52.4 Å². The third-order valence-electron chi connectivity index (χ3n) is 13.2. The zero-order valence-electron chi connectivity index (χ0n) is 37.7. The summed E-state index contributed by atoms with van der Waals surface area (Å²) in [6.07, 6.45) is 0. The van der Waals surface area contributed by atoms with Crippen LogP contribution in [0.25, 0.3) is 0 Å². The number of hydrogen-bond donors (Lipinski definition) is 0. The van der Waals surface area contributed by atoms with E-state index in [-0.39, 0.29) is 57.1 Å². The third kappa shape index (κ3) is 11.7. The first-order chi connectivity index (χ1) is 32.2. The molecular formula is C60H52Br2N2O4. The number of hydrogen-bond acceptors (Lipinski definition) is 4. The maximum absolute atomic E-state index is 13.4. The first-order valence-electron chi connectivity index (χ1n) is 22.7. The minimum Gasteiger partial charge on any atom is -1.00 e. The van der Waals surface area contributed by atoms with Gasteiger partial charge in [-0.1, -0.05) is 218 Å². The molecule has 68 heavy (non-hydrogen) atoms. The molecule has 0 spiro atoms. The fourth-order valence-corrected chi connectivity index (χ4v) is 9.44. The molecule has 8 heteroatoms. The average Bonchev–Trinajstić information content (AvgIpc) is 3.38. The number of ketones is 4. The van der Waals surface area contributed by atoms with Crippen LogP contribution in [0.5, 0.6) is 0 Å². The number of piperazine rings is 1. The Balaban J connectivity index is 0.00000342. The highest BCUT2D eigenvalue weighted by atomic mass is 79.9. The largest absolute Gasteiger partial charge is 1.00 e. The monoisotopic (exact) mass is 1020 g/mol. The number of carbonyl (C=O) groups is 4. The van der Waals surface area contributed by atoms with Crippen molar-refractivity contribution in [1.29, 1.82) is 0 Å². The lowest BCUT2D eigenvalue weighted by Gasteiger charge is -2.50. The molecule has 0 aliphatic carbocycles. The Hall–Kier alpha value is -6.68. The smallest absolute Gasteiger partial charge is 0.193 e. The van der Waals surface area contributed by atoms with Gasteiger partial charge in [0.15, 0.2) is 23.1 Å². The Morgan fingerprint density at radius 1 is 0.250 bits per heavy atom. The summed E-state index contributed by atoms with van der Waals surface area (Å²) in [4.78, 5) is 53.4. The lowest BCUT2D eigenvalue weighted by atomic mass is 9.98. The van der Waals surface area contributed by atoms with Crippen LogP contribution in [-0.2, 0) is 26.2 Å². The zero-order valence-corrected chi connectivity index (χ0v) is 40.9. The highest BCUT2D eigenvalue weighted by Gasteiger charge is 2.43. The molecule has 0 unspecified atom stereocenters. The molecule has 8 aromatic carbocycles. The van der Waals surface area contributed by atoms with Crippen LogP contribution >= 0.6 is 0 Å². The summed E-state index contributed by atoms with van der Waals surface area (Å²) in [7, 11) is 0. The van der Waals surface area contributed by atoms with Crippen molar-refractivity contribution in [3.8, 4) is 0 Å². The summed E-state index contributed by atoms with van der Waals surface area (Å²) >= 11 is 0. The van der Waals surface area contributed by atoms with Gasteiger partial charge in [0.05, 0.1) is 0 Å². The number of carbonyl (C=O) groups excluding carboxylic acids is 4. The van der Waals surface area contributed by atoms with Gasteiger partial charge in [-0.05, 0) is 0 Å². The first kappa shape index (κ1) is 49.2. The van der Waals surface area contributed by atoms with Gasteiger partial charge in [-0.15, -0.1) is 0 Å². The molecule has 6 nitrogen and oxygen atoms in total. The van der Waals surface area contributed by atoms with Crippen molar-refractivity contribution in [2.45, 2.75) is 26.2 Å². The number of quaternary nitrogens is 2. The van der Waals surface area contributed by atoms with E-state index in [1.54, 1.807) is 0 Å². The molecular weight excluding hydrogens is 972 g/mol. The van der Waals surface area contributed by atoms with Crippen LogP contribution in [0.4, 0.5) is 0 Å². The van der Waals surface area contributed by atoms with Crippen LogP contribution in [0.3, 0.4) is 0 Å². The van der Waals surface area contributed by atoms with Gasteiger partial charge in [0.2, 0.25) is 0 Å². The molecule has 9 rings (SSSR count). The SMILES string of the molecule is O=C(c1ccccc1)c1ccc(C[N+]2(Cc3ccc(C(=O)c4ccccc4)cc3)CC[N+](Cc3ccc(C(=O)c4ccccc4)cc3)(Cc3ccc(C(=O)c4ccccc4)cc3)CC2)cc1.[Br-].[Br-]. The van der Waals surface area contributed by atoms with E-state index >= 15 is 0 Å². The van der Waals surface area contributed by atoms with Gasteiger partial charge in [0.25, 0.3) is 0 Å². The van der Waals surface area contributed by atoms with Crippen LogP contribution in [0.1, 0.15) is 85.9 Å². The van der Waals surface area contributed by atoms with Crippen LogP contribution in [0, 0.1) is 0 Å². The summed E-state index contributed by atoms with van der Waals surface area (Å²) in [5.41, 5.74) is 9.98. The number of nitrogens with zero attached hydrogens (tertiary/aromatic N) is 2. The fourth-order valence-electron chi connectivity index (χ4n) is 9.44. The normalized spacial score (nSPS) is 13.5. The van der Waals surface area contributed by atoms with E-state index in [2.05, 4.69) is 48.5 Å². The van der Waals surface area contributed by atoms with Crippen molar-refractivity contribution in [2.24, 2.45) is 0 Å². The molecule has 1 aliphatic heterocycles. The average molecular weight is 1020 g/mol. The van der Waals surface area contributed by atoms with Gasteiger partial charge < -0.3 is 42.9 Å². The summed E-state index contributed by atoms with van der Waals surface area (Å²) < 4.78 is 1.60. The summed E-state index contributed by atoms with van der Waals surface area (Å²) in [6.45, 7) is 6.62. The van der Waals surface area contributed by atoms with Crippen molar-refractivity contribution in [1.82, 2.24) is 0 Å². The topological polar surface area (TPSA) is 68.3 Å². The molecule has 340 valence electrons. The van der Waals surface area contributed by atoms with E-state index in [9.17, 15) is 19.2 Å². The Kier molecular flexibility index (Phi) is 16.2. The third-order valence-corrected chi connectivity index (χ3v) is 13.2. The van der Waals surface area contributed by atoms with Gasteiger partial charge in [-0.3, -0.25) is 19.2 Å². The minimum atomic E-state index is 0. The quantitative estimate of drug-likeness (QED) is 0.0967. The van der Waals surface area contributed by atoms with E-state index in [0.717, 1.165) is 83.6 Å². The fraction of sp³-hybridized carbons (Fsp3) is 0.133. The first-order valence-corrected chi connectivity index (χ1v) is 22.7. The Bertz CT molecular complexity index is 2530. The molecule has 0 radical (unpaired) electrons. The minimum absolute atomic E-state index is 0. The molecule has 0 amide bonds. The Morgan fingerprint density at radius 3 is 0.588 bits per heavy atom. The molecule has 0 aromatic heterocycles. The predicted molar refractivity (Wildman–Crippen MR) is 260 cm³/mol. The molecule has 1 fully saturated rings. The van der Waals surface area contributed by atoms with Gasteiger partial charge in [-0.25, -0.2) is 0 Å². The number of benzene rings is 8. The van der Waals surface area contributed by atoms with Crippen LogP contribution in [0.15, 0.2) is 218 Å². The van der Waals surface area contributed by atoms with Crippen molar-refractivity contribution in [2.75, 3.05) is 26.2 Å². The van der Waals surface area contributed by atoms with Gasteiger partial charge in [-0.2, -0.15) is 0 Å². The van der Waals surface area contributed by atoms with Crippen molar-refractivity contribution < 1.29 is 62.1 Å². The second-order valence-electron chi connectivity index (χ2n) is 17.8. The van der Waals surface area contributed by atoms with E-state index in [1.807, 2.05) is 170 Å². The lowest BCUT2D eigenvalue weighted by molar-refractivity contribution is -1.05. The lowest BCUT2D eigenvalue weighted by Crippen LogP contribution is -3.00. The number of halogens is 2. The molecule has 1 heterocycles. The molecule has 0 N–H and O–H groups in total. The van der Waals surface area contributed by atoms with E-state index in [1.165, 1.54) is 0 Å². The molecule has 0 bridgehead atoms. The predicted octanol–water partition coefficient (Wildman–Crippen LogP) is 5.37. The Morgan fingerprint density at radius 2 is 0.412 bits per heavy atom. The molecule has 8 aromatic rings. The maximum Gasteiger partial charge on any atom is 0.193 e. The molecule has 0 atom stereocenters. The molecule has 1 aliphatic rings. The second kappa shape index (κ2) is 22.4. The summed E-state index contributed by atoms with van der Waals surface area (Å²) in [6, 6.07) is 70.0. The van der Waals surface area contributed by atoms with E-state index in [0.29, 0.717) is 44.5 Å². The van der Waals surface area contributed by atoms with Crippen LogP contribution < -0.4 is 34.0 Å². The van der Waals surface area contributed by atoms with Crippen LogP contribution in [0.2, 0.25) is 0 Å².